The van der Waals surface area contributed by atoms with E-state index in [0.29, 0.717) is 5.69 Å². The van der Waals surface area contributed by atoms with Gasteiger partial charge in [0.15, 0.2) is 0 Å². The first kappa shape index (κ1) is 15.6. The molecule has 0 bridgehead atoms. The minimum Gasteiger partial charge on any atom is -0.496 e. The fourth-order valence-corrected chi connectivity index (χ4v) is 2.55. The molecule has 1 unspecified atom stereocenters. The molecule has 112 valence electrons. The number of carbonyl (C=O) groups excluding carboxylic acids is 1. The van der Waals surface area contributed by atoms with Gasteiger partial charge in [0.1, 0.15) is 11.4 Å². The molecule has 0 spiro atoms. The number of amides is 1. The van der Waals surface area contributed by atoms with Crippen molar-refractivity contribution in [3.8, 4) is 5.75 Å². The average Bonchev–Trinajstić information content (AvgIpc) is 2.92. The third-order valence-electron chi connectivity index (χ3n) is 3.57. The maximum absolute atomic E-state index is 12.4. The van der Waals surface area contributed by atoms with Gasteiger partial charge in [-0.25, -0.2) is 0 Å². The maximum atomic E-state index is 12.4. The quantitative estimate of drug-likeness (QED) is 0.896. The van der Waals surface area contributed by atoms with Crippen molar-refractivity contribution in [2.45, 2.75) is 19.4 Å². The summed E-state index contributed by atoms with van der Waals surface area (Å²) in [5.41, 5.74) is 1.68. The summed E-state index contributed by atoms with van der Waals surface area (Å²) in [7, 11) is 3.48. The molecule has 0 fully saturated rings. The van der Waals surface area contributed by atoms with Gasteiger partial charge < -0.3 is 14.6 Å². The first-order valence-electron chi connectivity index (χ1n) is 6.76. The number of aromatic nitrogens is 1. The third-order valence-corrected chi connectivity index (χ3v) is 4.03. The number of hydrogen-bond donors (Lipinski definition) is 1. The van der Waals surface area contributed by atoms with Gasteiger partial charge in [0.25, 0.3) is 5.91 Å². The number of halogens is 1. The molecule has 21 heavy (non-hydrogen) atoms. The van der Waals surface area contributed by atoms with Crippen LogP contribution >= 0.6 is 15.9 Å². The van der Waals surface area contributed by atoms with E-state index in [1.165, 1.54) is 0 Å². The lowest BCUT2D eigenvalue weighted by Crippen LogP contribution is -2.36. The highest BCUT2D eigenvalue weighted by Crippen LogP contribution is 2.21. The summed E-state index contributed by atoms with van der Waals surface area (Å²) in [5, 5.41) is 0. The zero-order valence-electron chi connectivity index (χ0n) is 12.4. The number of para-hydroxylation sites is 1. The zero-order valence-corrected chi connectivity index (χ0v) is 14.0. The Hall–Kier alpha value is -1.75. The molecule has 0 saturated carbocycles. The van der Waals surface area contributed by atoms with E-state index < -0.39 is 0 Å². The van der Waals surface area contributed by atoms with Gasteiger partial charge in [0, 0.05) is 23.8 Å². The molecule has 0 aliphatic carbocycles. The van der Waals surface area contributed by atoms with E-state index in [0.717, 1.165) is 22.2 Å². The summed E-state index contributed by atoms with van der Waals surface area (Å²) in [4.78, 5) is 17.1. The normalized spacial score (nSPS) is 12.0. The number of aromatic amines is 1. The standard InChI is InChI=1S/C16H19BrN2O2/c1-11(8-12-6-4-5-7-15(12)21-3)19(2)16(20)14-9-13(17)10-18-14/h4-7,9-11,18H,8H2,1-3H3. The number of ether oxygens (including phenoxy) is 1. The number of nitrogens with one attached hydrogen (secondary N) is 1. The minimum absolute atomic E-state index is 0.0249. The Labute approximate surface area is 133 Å². The van der Waals surface area contributed by atoms with E-state index in [9.17, 15) is 4.79 Å². The lowest BCUT2D eigenvalue weighted by Gasteiger charge is -2.25. The van der Waals surface area contributed by atoms with Gasteiger partial charge in [-0.1, -0.05) is 18.2 Å². The van der Waals surface area contributed by atoms with Gasteiger partial charge in [-0.05, 0) is 47.0 Å². The summed E-state index contributed by atoms with van der Waals surface area (Å²) < 4.78 is 6.23. The average molecular weight is 351 g/mol. The number of nitrogens with zero attached hydrogens (tertiary/aromatic N) is 1. The van der Waals surface area contributed by atoms with Gasteiger partial charge >= 0.3 is 0 Å². The van der Waals surface area contributed by atoms with E-state index in [1.807, 2.05) is 38.2 Å². The third kappa shape index (κ3) is 3.67. The van der Waals surface area contributed by atoms with Crippen LogP contribution in [0.25, 0.3) is 0 Å². The highest BCUT2D eigenvalue weighted by molar-refractivity contribution is 9.10. The van der Waals surface area contributed by atoms with E-state index in [-0.39, 0.29) is 11.9 Å². The summed E-state index contributed by atoms with van der Waals surface area (Å²) in [6.07, 6.45) is 2.50. The SMILES string of the molecule is COc1ccccc1CC(C)N(C)C(=O)c1cc(Br)c[nH]1. The molecule has 1 atom stereocenters. The van der Waals surface area contributed by atoms with Crippen LogP contribution in [0.2, 0.25) is 0 Å². The van der Waals surface area contributed by atoms with Crippen molar-refractivity contribution in [2.24, 2.45) is 0 Å². The minimum atomic E-state index is -0.0249. The lowest BCUT2D eigenvalue weighted by molar-refractivity contribution is 0.0738. The number of methoxy groups -OCH3 is 1. The number of H-pyrrole nitrogens is 1. The van der Waals surface area contributed by atoms with Crippen LogP contribution in [-0.2, 0) is 6.42 Å². The van der Waals surface area contributed by atoms with Crippen LogP contribution in [-0.4, -0.2) is 36.0 Å². The Bertz CT molecular complexity index is 624. The number of hydrogen-bond acceptors (Lipinski definition) is 2. The van der Waals surface area contributed by atoms with Crippen LogP contribution in [0, 0.1) is 0 Å². The first-order valence-corrected chi connectivity index (χ1v) is 7.55. The molecule has 1 amide bonds. The second-order valence-electron chi connectivity index (χ2n) is 5.01. The predicted octanol–water partition coefficient (Wildman–Crippen LogP) is 3.49. The summed E-state index contributed by atoms with van der Waals surface area (Å²) in [6, 6.07) is 9.74. The second kappa shape index (κ2) is 6.80. The van der Waals surface area contributed by atoms with Crippen molar-refractivity contribution >= 4 is 21.8 Å². The lowest BCUT2D eigenvalue weighted by atomic mass is 10.0. The highest BCUT2D eigenvalue weighted by Gasteiger charge is 2.20. The summed E-state index contributed by atoms with van der Waals surface area (Å²) >= 11 is 3.34. The van der Waals surface area contributed by atoms with Gasteiger partial charge in [-0.2, -0.15) is 0 Å². The fraction of sp³-hybridized carbons (Fsp3) is 0.312. The predicted molar refractivity (Wildman–Crippen MR) is 86.7 cm³/mol. The molecule has 0 aliphatic rings. The Morgan fingerprint density at radius 3 is 2.76 bits per heavy atom. The Morgan fingerprint density at radius 2 is 2.14 bits per heavy atom. The topological polar surface area (TPSA) is 45.3 Å². The Balaban J connectivity index is 2.09. The van der Waals surface area contributed by atoms with Crippen molar-refractivity contribution in [3.05, 3.63) is 52.3 Å². The van der Waals surface area contributed by atoms with Gasteiger partial charge in [-0.3, -0.25) is 4.79 Å². The molecule has 2 rings (SSSR count). The molecule has 0 radical (unpaired) electrons. The van der Waals surface area contributed by atoms with E-state index in [1.54, 1.807) is 24.3 Å². The van der Waals surface area contributed by atoms with Crippen LogP contribution in [0.5, 0.6) is 5.75 Å². The molecular formula is C16H19BrN2O2. The number of carbonyl (C=O) groups is 1. The monoisotopic (exact) mass is 350 g/mol. The fourth-order valence-electron chi connectivity index (χ4n) is 2.21. The molecular weight excluding hydrogens is 332 g/mol. The van der Waals surface area contributed by atoms with Gasteiger partial charge in [-0.15, -0.1) is 0 Å². The Morgan fingerprint density at radius 1 is 1.43 bits per heavy atom. The molecule has 1 N–H and O–H groups in total. The largest absolute Gasteiger partial charge is 0.496 e. The van der Waals surface area contributed by atoms with Crippen molar-refractivity contribution in [1.29, 1.82) is 0 Å². The maximum Gasteiger partial charge on any atom is 0.270 e. The molecule has 1 heterocycles. The van der Waals surface area contributed by atoms with Crippen LogP contribution < -0.4 is 4.74 Å². The number of likely N-dealkylation sites (N-methyl/N-ethyl adjacent to an activating group) is 1. The molecule has 1 aromatic carbocycles. The van der Waals surface area contributed by atoms with Crippen LogP contribution in [0.3, 0.4) is 0 Å². The van der Waals surface area contributed by atoms with Crippen LogP contribution in [0.4, 0.5) is 0 Å². The highest BCUT2D eigenvalue weighted by atomic mass is 79.9. The van der Waals surface area contributed by atoms with Gasteiger partial charge in [0.2, 0.25) is 0 Å². The molecule has 5 heteroatoms. The van der Waals surface area contributed by atoms with Crippen molar-refractivity contribution in [1.82, 2.24) is 9.88 Å². The molecule has 1 aromatic heterocycles. The second-order valence-corrected chi connectivity index (χ2v) is 5.93. The molecule has 2 aromatic rings. The van der Waals surface area contributed by atoms with E-state index in [2.05, 4.69) is 20.9 Å². The molecule has 4 nitrogen and oxygen atoms in total. The van der Waals surface area contributed by atoms with Crippen LogP contribution in [0.15, 0.2) is 41.0 Å². The molecule has 0 saturated heterocycles. The van der Waals surface area contributed by atoms with E-state index in [4.69, 9.17) is 4.74 Å². The first-order chi connectivity index (χ1) is 10.0. The number of rotatable bonds is 5. The smallest absolute Gasteiger partial charge is 0.270 e. The van der Waals surface area contributed by atoms with Gasteiger partial charge in [0.05, 0.1) is 7.11 Å². The zero-order chi connectivity index (χ0) is 15.4. The summed E-state index contributed by atoms with van der Waals surface area (Å²) in [6.45, 7) is 2.03. The van der Waals surface area contributed by atoms with Crippen molar-refractivity contribution in [3.63, 3.8) is 0 Å². The van der Waals surface area contributed by atoms with Crippen molar-refractivity contribution < 1.29 is 9.53 Å². The van der Waals surface area contributed by atoms with Crippen LogP contribution in [0.1, 0.15) is 23.0 Å². The van der Waals surface area contributed by atoms with Crippen molar-refractivity contribution in [2.75, 3.05) is 14.2 Å². The summed E-state index contributed by atoms with van der Waals surface area (Å²) in [5.74, 6) is 0.830. The van der Waals surface area contributed by atoms with E-state index >= 15 is 0 Å². The Kier molecular flexibility index (Phi) is 5.07. The molecule has 0 aliphatic heterocycles. The number of benzene rings is 1.